The lowest BCUT2D eigenvalue weighted by molar-refractivity contribution is 0.0945. The van der Waals surface area contributed by atoms with Crippen molar-refractivity contribution in [2.24, 2.45) is 0 Å². The highest BCUT2D eigenvalue weighted by Crippen LogP contribution is 2.06. The van der Waals surface area contributed by atoms with Crippen molar-refractivity contribution in [3.63, 3.8) is 0 Å². The van der Waals surface area contributed by atoms with Gasteiger partial charge in [-0.05, 0) is 31.0 Å². The van der Waals surface area contributed by atoms with Gasteiger partial charge in [0.15, 0.2) is 0 Å². The molecule has 0 saturated heterocycles. The standard InChI is InChI=1S/C12H17NO2S/c1-9(14)6-7-13-12(15)11-4-2-10(8-16)3-5-11/h2-5,9,14,16H,6-8H2,1H3,(H,13,15). The molecule has 88 valence electrons. The minimum absolute atomic E-state index is 0.105. The maximum absolute atomic E-state index is 11.6. The van der Waals surface area contributed by atoms with Gasteiger partial charge >= 0.3 is 0 Å². The van der Waals surface area contributed by atoms with Crippen LogP contribution in [0.1, 0.15) is 29.3 Å². The van der Waals surface area contributed by atoms with Crippen LogP contribution in [-0.2, 0) is 5.75 Å². The molecule has 0 aromatic heterocycles. The van der Waals surface area contributed by atoms with E-state index in [1.54, 1.807) is 19.1 Å². The van der Waals surface area contributed by atoms with Gasteiger partial charge in [-0.2, -0.15) is 12.6 Å². The zero-order chi connectivity index (χ0) is 12.0. The number of aliphatic hydroxyl groups excluding tert-OH is 1. The fraction of sp³-hybridized carbons (Fsp3) is 0.417. The van der Waals surface area contributed by atoms with Crippen LogP contribution in [0.3, 0.4) is 0 Å². The van der Waals surface area contributed by atoms with Gasteiger partial charge in [0.05, 0.1) is 6.10 Å². The highest BCUT2D eigenvalue weighted by Gasteiger charge is 2.04. The lowest BCUT2D eigenvalue weighted by Gasteiger charge is -2.07. The lowest BCUT2D eigenvalue weighted by Crippen LogP contribution is -2.26. The van der Waals surface area contributed by atoms with E-state index in [0.717, 1.165) is 5.56 Å². The molecule has 1 unspecified atom stereocenters. The van der Waals surface area contributed by atoms with Crippen LogP contribution in [0.4, 0.5) is 0 Å². The number of nitrogens with one attached hydrogen (secondary N) is 1. The molecular weight excluding hydrogens is 222 g/mol. The molecule has 1 aromatic rings. The average Bonchev–Trinajstić information content (AvgIpc) is 2.28. The van der Waals surface area contributed by atoms with E-state index in [2.05, 4.69) is 17.9 Å². The van der Waals surface area contributed by atoms with E-state index in [4.69, 9.17) is 5.11 Å². The molecule has 0 aliphatic rings. The fourth-order valence-electron chi connectivity index (χ4n) is 1.26. The number of rotatable bonds is 5. The third-order valence-electron chi connectivity index (χ3n) is 2.25. The molecule has 0 bridgehead atoms. The number of aliphatic hydroxyl groups is 1. The minimum Gasteiger partial charge on any atom is -0.393 e. The van der Waals surface area contributed by atoms with E-state index in [0.29, 0.717) is 24.3 Å². The molecule has 0 heterocycles. The second-order valence-corrected chi connectivity index (χ2v) is 4.06. The Morgan fingerprint density at radius 2 is 2.06 bits per heavy atom. The zero-order valence-corrected chi connectivity index (χ0v) is 10.2. The molecule has 0 aliphatic heterocycles. The first-order valence-electron chi connectivity index (χ1n) is 5.29. The van der Waals surface area contributed by atoms with Crippen LogP contribution in [0, 0.1) is 0 Å². The number of carbonyl (C=O) groups is 1. The molecule has 0 aliphatic carbocycles. The van der Waals surface area contributed by atoms with Crippen molar-refractivity contribution >= 4 is 18.5 Å². The van der Waals surface area contributed by atoms with E-state index < -0.39 is 0 Å². The molecular formula is C12H17NO2S. The van der Waals surface area contributed by atoms with Crippen LogP contribution < -0.4 is 5.32 Å². The summed E-state index contributed by atoms with van der Waals surface area (Å²) in [5.74, 6) is 0.565. The minimum atomic E-state index is -0.383. The molecule has 1 aromatic carbocycles. The molecule has 0 radical (unpaired) electrons. The highest BCUT2D eigenvalue weighted by molar-refractivity contribution is 7.79. The Morgan fingerprint density at radius 3 is 2.56 bits per heavy atom. The maximum atomic E-state index is 11.6. The number of hydrogen-bond acceptors (Lipinski definition) is 3. The van der Waals surface area contributed by atoms with Crippen LogP contribution in [-0.4, -0.2) is 23.7 Å². The fourth-order valence-corrected chi connectivity index (χ4v) is 1.47. The summed E-state index contributed by atoms with van der Waals surface area (Å²) in [4.78, 5) is 11.6. The second kappa shape index (κ2) is 6.55. The van der Waals surface area contributed by atoms with Crippen molar-refractivity contribution < 1.29 is 9.90 Å². The van der Waals surface area contributed by atoms with E-state index in [-0.39, 0.29) is 12.0 Å². The van der Waals surface area contributed by atoms with E-state index in [9.17, 15) is 4.79 Å². The van der Waals surface area contributed by atoms with Crippen molar-refractivity contribution in [3.05, 3.63) is 35.4 Å². The number of benzene rings is 1. The number of hydrogen-bond donors (Lipinski definition) is 3. The van der Waals surface area contributed by atoms with Gasteiger partial charge in [-0.3, -0.25) is 4.79 Å². The van der Waals surface area contributed by atoms with Gasteiger partial charge in [-0.25, -0.2) is 0 Å². The summed E-state index contributed by atoms with van der Waals surface area (Å²) in [6.45, 7) is 2.19. The molecule has 16 heavy (non-hydrogen) atoms. The molecule has 0 fully saturated rings. The van der Waals surface area contributed by atoms with Crippen molar-refractivity contribution in [3.8, 4) is 0 Å². The van der Waals surface area contributed by atoms with Gasteiger partial charge in [0.1, 0.15) is 0 Å². The molecule has 1 rings (SSSR count). The largest absolute Gasteiger partial charge is 0.393 e. The Hall–Kier alpha value is -1.00. The first kappa shape index (κ1) is 13.1. The predicted octanol–water partition coefficient (Wildman–Crippen LogP) is 1.62. The van der Waals surface area contributed by atoms with Crippen LogP contribution in [0.5, 0.6) is 0 Å². The summed E-state index contributed by atoms with van der Waals surface area (Å²) in [6.07, 6.45) is 0.187. The van der Waals surface area contributed by atoms with Crippen LogP contribution in [0.25, 0.3) is 0 Å². The second-order valence-electron chi connectivity index (χ2n) is 3.75. The molecule has 0 saturated carbocycles. The van der Waals surface area contributed by atoms with Gasteiger partial charge in [-0.15, -0.1) is 0 Å². The quantitative estimate of drug-likeness (QED) is 0.684. The third kappa shape index (κ3) is 4.24. The van der Waals surface area contributed by atoms with E-state index in [1.807, 2.05) is 12.1 Å². The molecule has 2 N–H and O–H groups in total. The third-order valence-corrected chi connectivity index (χ3v) is 2.61. The first-order valence-corrected chi connectivity index (χ1v) is 5.93. The molecule has 3 nitrogen and oxygen atoms in total. The van der Waals surface area contributed by atoms with Crippen LogP contribution >= 0.6 is 12.6 Å². The Morgan fingerprint density at radius 1 is 1.44 bits per heavy atom. The van der Waals surface area contributed by atoms with Gasteiger partial charge in [0, 0.05) is 17.9 Å². The summed E-state index contributed by atoms with van der Waals surface area (Å²) < 4.78 is 0. The number of thiol groups is 1. The monoisotopic (exact) mass is 239 g/mol. The summed E-state index contributed by atoms with van der Waals surface area (Å²) >= 11 is 4.15. The lowest BCUT2D eigenvalue weighted by atomic mass is 10.1. The number of carbonyl (C=O) groups excluding carboxylic acids is 1. The zero-order valence-electron chi connectivity index (χ0n) is 9.31. The van der Waals surface area contributed by atoms with E-state index >= 15 is 0 Å². The van der Waals surface area contributed by atoms with Gasteiger partial charge < -0.3 is 10.4 Å². The van der Waals surface area contributed by atoms with Gasteiger partial charge in [0.25, 0.3) is 5.91 Å². The normalized spacial score (nSPS) is 12.2. The summed E-state index contributed by atoms with van der Waals surface area (Å²) in [5.41, 5.74) is 1.72. The molecule has 0 spiro atoms. The highest BCUT2D eigenvalue weighted by atomic mass is 32.1. The van der Waals surface area contributed by atoms with Gasteiger partial charge in [-0.1, -0.05) is 12.1 Å². The van der Waals surface area contributed by atoms with Crippen LogP contribution in [0.2, 0.25) is 0 Å². The van der Waals surface area contributed by atoms with Gasteiger partial charge in [0.2, 0.25) is 0 Å². The average molecular weight is 239 g/mol. The maximum Gasteiger partial charge on any atom is 0.251 e. The topological polar surface area (TPSA) is 49.3 Å². The summed E-state index contributed by atoms with van der Waals surface area (Å²) in [7, 11) is 0. The Bertz CT molecular complexity index is 335. The molecule has 4 heteroatoms. The summed E-state index contributed by atoms with van der Waals surface area (Å²) in [5, 5.41) is 11.8. The predicted molar refractivity (Wildman–Crippen MR) is 67.8 cm³/mol. The summed E-state index contributed by atoms with van der Waals surface area (Å²) in [6, 6.07) is 7.33. The van der Waals surface area contributed by atoms with Crippen molar-refractivity contribution in [2.75, 3.05) is 6.54 Å². The van der Waals surface area contributed by atoms with Crippen molar-refractivity contribution in [2.45, 2.75) is 25.2 Å². The Kier molecular flexibility index (Phi) is 5.35. The number of amides is 1. The molecule has 1 atom stereocenters. The van der Waals surface area contributed by atoms with E-state index in [1.165, 1.54) is 0 Å². The Balaban J connectivity index is 2.46. The first-order chi connectivity index (χ1) is 7.63. The van der Waals surface area contributed by atoms with Crippen LogP contribution in [0.15, 0.2) is 24.3 Å². The smallest absolute Gasteiger partial charge is 0.251 e. The molecule has 1 amide bonds. The van der Waals surface area contributed by atoms with Crippen molar-refractivity contribution in [1.29, 1.82) is 0 Å². The SMILES string of the molecule is CC(O)CCNC(=O)c1ccc(CS)cc1. The van der Waals surface area contributed by atoms with Crippen molar-refractivity contribution in [1.82, 2.24) is 5.32 Å². The Labute approximate surface area is 101 Å².